The summed E-state index contributed by atoms with van der Waals surface area (Å²) in [6.45, 7) is 14.9. The highest BCUT2D eigenvalue weighted by molar-refractivity contribution is 8.06. The molecule has 0 heterocycles. The molecule has 1 aromatic carbocycles. The SMILES string of the molecule is C/C=C(/Oc1ccc(NC(=O)NC(CC)CC)cc1OCCC)SC(C)=C(C)C. The first-order chi connectivity index (χ1) is 13.8. The number of amides is 2. The van der Waals surface area contributed by atoms with Crippen LogP contribution < -0.4 is 20.1 Å². The summed E-state index contributed by atoms with van der Waals surface area (Å²) in [5.41, 5.74) is 1.92. The number of urea groups is 1. The van der Waals surface area contributed by atoms with Crippen LogP contribution in [0.4, 0.5) is 10.5 Å². The molecule has 0 fully saturated rings. The van der Waals surface area contributed by atoms with E-state index < -0.39 is 0 Å². The highest BCUT2D eigenvalue weighted by Crippen LogP contribution is 2.36. The Labute approximate surface area is 180 Å². The summed E-state index contributed by atoms with van der Waals surface area (Å²) in [5.74, 6) is 1.24. The van der Waals surface area contributed by atoms with Crippen molar-refractivity contribution in [2.75, 3.05) is 11.9 Å². The molecule has 0 atom stereocenters. The largest absolute Gasteiger partial charge is 0.490 e. The third-order valence-corrected chi connectivity index (χ3v) is 5.62. The van der Waals surface area contributed by atoms with E-state index in [0.29, 0.717) is 23.8 Å². The number of allylic oxidation sites excluding steroid dienone is 3. The van der Waals surface area contributed by atoms with E-state index in [4.69, 9.17) is 9.47 Å². The number of hydrogen-bond acceptors (Lipinski definition) is 4. The maximum absolute atomic E-state index is 12.2. The zero-order chi connectivity index (χ0) is 21.8. The summed E-state index contributed by atoms with van der Waals surface area (Å²) in [6.07, 6.45) is 4.62. The second kappa shape index (κ2) is 13.2. The number of hydrogen-bond donors (Lipinski definition) is 2. The average molecular weight is 421 g/mol. The van der Waals surface area contributed by atoms with Crippen LogP contribution in [0.3, 0.4) is 0 Å². The Balaban J connectivity index is 2.98. The number of anilines is 1. The lowest BCUT2D eigenvalue weighted by molar-refractivity contribution is 0.247. The maximum Gasteiger partial charge on any atom is 0.319 e. The molecule has 0 aromatic heterocycles. The van der Waals surface area contributed by atoms with Crippen LogP contribution >= 0.6 is 11.8 Å². The van der Waals surface area contributed by atoms with Gasteiger partial charge in [-0.25, -0.2) is 4.79 Å². The summed E-state index contributed by atoms with van der Waals surface area (Å²) in [4.78, 5) is 13.4. The molecule has 0 aliphatic heterocycles. The van der Waals surface area contributed by atoms with Crippen molar-refractivity contribution in [3.8, 4) is 11.5 Å². The van der Waals surface area contributed by atoms with Gasteiger partial charge < -0.3 is 20.1 Å². The standard InChI is InChI=1S/C23H36N2O3S/c1-8-14-27-21-15-19(25-23(26)24-18(9-2)10-3)12-13-20(21)28-22(11-4)29-17(7)16(5)6/h11-13,15,18H,8-10,14H2,1-7H3,(H2,24,25,26)/b22-11-. The minimum atomic E-state index is -0.210. The quantitative estimate of drug-likeness (QED) is 0.376. The van der Waals surface area contributed by atoms with Crippen molar-refractivity contribution in [1.29, 1.82) is 0 Å². The second-order valence-corrected chi connectivity index (χ2v) is 8.21. The number of benzene rings is 1. The Bertz CT molecular complexity index is 721. The monoisotopic (exact) mass is 420 g/mol. The molecule has 162 valence electrons. The van der Waals surface area contributed by atoms with E-state index in [1.165, 1.54) is 10.5 Å². The van der Waals surface area contributed by atoms with E-state index in [9.17, 15) is 4.79 Å². The Kier molecular flexibility index (Phi) is 11.4. The van der Waals surface area contributed by atoms with E-state index in [2.05, 4.69) is 52.2 Å². The number of carbonyl (C=O) groups excluding carboxylic acids is 1. The molecule has 2 amide bonds. The van der Waals surface area contributed by atoms with Gasteiger partial charge in [-0.15, -0.1) is 0 Å². The van der Waals surface area contributed by atoms with Gasteiger partial charge in [0.1, 0.15) is 0 Å². The van der Waals surface area contributed by atoms with Crippen LogP contribution in [-0.2, 0) is 0 Å². The Morgan fingerprint density at radius 3 is 2.38 bits per heavy atom. The molecule has 5 nitrogen and oxygen atoms in total. The van der Waals surface area contributed by atoms with Crippen molar-refractivity contribution in [1.82, 2.24) is 5.32 Å². The Morgan fingerprint density at radius 1 is 1.14 bits per heavy atom. The van der Waals surface area contributed by atoms with Gasteiger partial charge >= 0.3 is 6.03 Å². The van der Waals surface area contributed by atoms with Crippen molar-refractivity contribution in [3.63, 3.8) is 0 Å². The topological polar surface area (TPSA) is 59.6 Å². The zero-order valence-corrected chi connectivity index (χ0v) is 19.7. The van der Waals surface area contributed by atoms with Crippen LogP contribution in [0.1, 0.15) is 67.7 Å². The fourth-order valence-electron chi connectivity index (χ4n) is 2.34. The zero-order valence-electron chi connectivity index (χ0n) is 18.8. The highest BCUT2D eigenvalue weighted by atomic mass is 32.2. The molecular formula is C23H36N2O3S. The van der Waals surface area contributed by atoms with Gasteiger partial charge in [0.25, 0.3) is 0 Å². The Hall–Kier alpha value is -2.08. The summed E-state index contributed by atoms with van der Waals surface area (Å²) in [5, 5.41) is 6.65. The van der Waals surface area contributed by atoms with Crippen LogP contribution in [0.25, 0.3) is 0 Å². The van der Waals surface area contributed by atoms with E-state index in [1.807, 2.05) is 31.2 Å². The van der Waals surface area contributed by atoms with Crippen molar-refractivity contribution >= 4 is 23.5 Å². The van der Waals surface area contributed by atoms with Gasteiger partial charge in [0.05, 0.1) is 6.61 Å². The number of thioether (sulfide) groups is 1. The molecule has 0 bridgehead atoms. The molecule has 0 saturated carbocycles. The van der Waals surface area contributed by atoms with Gasteiger partial charge in [-0.2, -0.15) is 0 Å². The normalized spacial score (nSPS) is 11.2. The molecular weight excluding hydrogens is 384 g/mol. The third kappa shape index (κ3) is 8.86. The van der Waals surface area contributed by atoms with Crippen LogP contribution in [-0.4, -0.2) is 18.7 Å². The van der Waals surface area contributed by atoms with Gasteiger partial charge in [0.2, 0.25) is 0 Å². The molecule has 0 spiro atoms. The van der Waals surface area contributed by atoms with Gasteiger partial charge in [0.15, 0.2) is 16.6 Å². The van der Waals surface area contributed by atoms with Crippen molar-refractivity contribution in [2.45, 2.75) is 73.8 Å². The number of ether oxygens (including phenoxy) is 2. The molecule has 0 saturated heterocycles. The lowest BCUT2D eigenvalue weighted by Crippen LogP contribution is -2.37. The van der Waals surface area contributed by atoms with Gasteiger partial charge in [0, 0.05) is 17.8 Å². The minimum absolute atomic E-state index is 0.168. The first-order valence-corrected chi connectivity index (χ1v) is 11.2. The summed E-state index contributed by atoms with van der Waals surface area (Å²) < 4.78 is 12.0. The second-order valence-electron chi connectivity index (χ2n) is 6.99. The smallest absolute Gasteiger partial charge is 0.319 e. The van der Waals surface area contributed by atoms with Crippen molar-refractivity contribution in [3.05, 3.63) is 39.8 Å². The molecule has 0 aliphatic rings. The molecule has 0 unspecified atom stereocenters. The summed E-state index contributed by atoms with van der Waals surface area (Å²) in [6, 6.07) is 5.42. The van der Waals surface area contributed by atoms with Gasteiger partial charge in [-0.05, 0) is 70.1 Å². The Morgan fingerprint density at radius 2 is 1.83 bits per heavy atom. The van der Waals surface area contributed by atoms with Crippen LogP contribution in [0.15, 0.2) is 39.8 Å². The summed E-state index contributed by atoms with van der Waals surface area (Å²) >= 11 is 1.59. The van der Waals surface area contributed by atoms with E-state index in [-0.39, 0.29) is 12.1 Å². The maximum atomic E-state index is 12.2. The molecule has 2 N–H and O–H groups in total. The lowest BCUT2D eigenvalue weighted by Gasteiger charge is -2.17. The molecule has 1 rings (SSSR count). The van der Waals surface area contributed by atoms with Crippen LogP contribution in [0.2, 0.25) is 0 Å². The first kappa shape index (κ1) is 25.0. The summed E-state index contributed by atoms with van der Waals surface area (Å²) in [7, 11) is 0. The van der Waals surface area contributed by atoms with Crippen molar-refractivity contribution < 1.29 is 14.3 Å². The fourth-order valence-corrected chi connectivity index (χ4v) is 3.10. The number of rotatable bonds is 11. The van der Waals surface area contributed by atoms with E-state index >= 15 is 0 Å². The minimum Gasteiger partial charge on any atom is -0.490 e. The molecule has 6 heteroatoms. The predicted octanol–water partition coefficient (Wildman–Crippen LogP) is 7.07. The van der Waals surface area contributed by atoms with Gasteiger partial charge in [-0.1, -0.05) is 38.1 Å². The fraction of sp³-hybridized carbons (Fsp3) is 0.522. The molecule has 1 aromatic rings. The third-order valence-electron chi connectivity index (χ3n) is 4.39. The lowest BCUT2D eigenvalue weighted by atomic mass is 10.2. The van der Waals surface area contributed by atoms with Crippen molar-refractivity contribution in [2.24, 2.45) is 0 Å². The van der Waals surface area contributed by atoms with Crippen LogP contribution in [0, 0.1) is 0 Å². The molecule has 29 heavy (non-hydrogen) atoms. The molecule has 0 radical (unpaired) electrons. The number of carbonyl (C=O) groups is 1. The highest BCUT2D eigenvalue weighted by Gasteiger charge is 2.13. The van der Waals surface area contributed by atoms with Crippen LogP contribution in [0.5, 0.6) is 11.5 Å². The first-order valence-electron chi connectivity index (χ1n) is 10.3. The van der Waals surface area contributed by atoms with E-state index in [1.54, 1.807) is 11.8 Å². The molecule has 0 aliphatic carbocycles. The van der Waals surface area contributed by atoms with Gasteiger partial charge in [-0.3, -0.25) is 0 Å². The predicted molar refractivity (Wildman–Crippen MR) is 125 cm³/mol. The number of nitrogens with one attached hydrogen (secondary N) is 2. The van der Waals surface area contributed by atoms with E-state index in [0.717, 1.165) is 24.4 Å². The average Bonchev–Trinajstić information content (AvgIpc) is 2.70.